The summed E-state index contributed by atoms with van der Waals surface area (Å²) < 4.78 is 9.75. The topological polar surface area (TPSA) is 93.7 Å². The predicted molar refractivity (Wildman–Crippen MR) is 73.9 cm³/mol. The van der Waals surface area contributed by atoms with Gasteiger partial charge in [0.25, 0.3) is 0 Å². The number of hydrogen-bond acceptors (Lipinski definition) is 7. The fraction of sp³-hybridized carbons (Fsp3) is 0.538. The van der Waals surface area contributed by atoms with Crippen LogP contribution in [0.3, 0.4) is 0 Å². The molecule has 0 aliphatic carbocycles. The van der Waals surface area contributed by atoms with E-state index >= 15 is 0 Å². The molecule has 0 saturated carbocycles. The maximum atomic E-state index is 12.2. The van der Waals surface area contributed by atoms with Crippen molar-refractivity contribution in [2.24, 2.45) is 0 Å². The molecule has 1 atom stereocenters. The molecule has 1 aliphatic rings. The van der Waals surface area contributed by atoms with E-state index in [0.29, 0.717) is 32.1 Å². The zero-order chi connectivity index (χ0) is 15.2. The number of morpholine rings is 1. The SMILES string of the molecule is COC(=O)c1ccc(NC(C)C(=O)N2CCOCC2)nn1. The second kappa shape index (κ2) is 6.98. The Bertz CT molecular complexity index is 499. The highest BCUT2D eigenvalue weighted by molar-refractivity contribution is 5.87. The van der Waals surface area contributed by atoms with E-state index < -0.39 is 12.0 Å². The molecule has 2 heterocycles. The third-order valence-corrected chi connectivity index (χ3v) is 3.12. The number of methoxy groups -OCH3 is 1. The number of anilines is 1. The lowest BCUT2D eigenvalue weighted by molar-refractivity contribution is -0.135. The van der Waals surface area contributed by atoms with Gasteiger partial charge < -0.3 is 19.7 Å². The fourth-order valence-corrected chi connectivity index (χ4v) is 1.96. The molecule has 8 nitrogen and oxygen atoms in total. The fourth-order valence-electron chi connectivity index (χ4n) is 1.96. The van der Waals surface area contributed by atoms with Gasteiger partial charge in [0, 0.05) is 13.1 Å². The van der Waals surface area contributed by atoms with Crippen molar-refractivity contribution in [2.75, 3.05) is 38.7 Å². The third-order valence-electron chi connectivity index (χ3n) is 3.12. The van der Waals surface area contributed by atoms with E-state index in [2.05, 4.69) is 20.3 Å². The highest BCUT2D eigenvalue weighted by Crippen LogP contribution is 2.08. The van der Waals surface area contributed by atoms with Gasteiger partial charge in [-0.05, 0) is 19.1 Å². The minimum atomic E-state index is -0.550. The van der Waals surface area contributed by atoms with Crippen molar-refractivity contribution in [3.63, 3.8) is 0 Å². The molecular formula is C13H18N4O4. The lowest BCUT2D eigenvalue weighted by Crippen LogP contribution is -2.47. The van der Waals surface area contributed by atoms with Crippen LogP contribution in [0, 0.1) is 0 Å². The molecule has 8 heteroatoms. The third kappa shape index (κ3) is 3.88. The van der Waals surface area contributed by atoms with Crippen LogP contribution in [-0.2, 0) is 14.3 Å². The summed E-state index contributed by atoms with van der Waals surface area (Å²) in [5.41, 5.74) is 0.121. The van der Waals surface area contributed by atoms with Gasteiger partial charge >= 0.3 is 5.97 Å². The van der Waals surface area contributed by atoms with Gasteiger partial charge in [-0.15, -0.1) is 10.2 Å². The first kappa shape index (κ1) is 15.2. The number of rotatable bonds is 4. The summed E-state index contributed by atoms with van der Waals surface area (Å²) in [5.74, 6) is -0.139. The van der Waals surface area contributed by atoms with Crippen LogP contribution < -0.4 is 5.32 Å². The minimum absolute atomic E-state index is 0.0165. The van der Waals surface area contributed by atoms with Gasteiger partial charge in [-0.2, -0.15) is 0 Å². The molecule has 1 N–H and O–H groups in total. The number of aromatic nitrogens is 2. The normalized spacial score (nSPS) is 16.2. The molecule has 0 radical (unpaired) electrons. The van der Waals surface area contributed by atoms with Crippen LogP contribution in [0.4, 0.5) is 5.82 Å². The first-order valence-corrected chi connectivity index (χ1v) is 6.67. The number of carbonyl (C=O) groups excluding carboxylic acids is 2. The summed E-state index contributed by atoms with van der Waals surface area (Å²) >= 11 is 0. The van der Waals surface area contributed by atoms with Crippen LogP contribution >= 0.6 is 0 Å². The lowest BCUT2D eigenvalue weighted by Gasteiger charge is -2.29. The van der Waals surface area contributed by atoms with Gasteiger partial charge in [-0.1, -0.05) is 0 Å². The number of nitrogens with zero attached hydrogens (tertiary/aromatic N) is 3. The number of carbonyl (C=O) groups is 2. The Morgan fingerprint density at radius 2 is 2.05 bits per heavy atom. The maximum absolute atomic E-state index is 12.2. The molecule has 1 unspecified atom stereocenters. The van der Waals surface area contributed by atoms with Crippen LogP contribution in [-0.4, -0.2) is 66.4 Å². The largest absolute Gasteiger partial charge is 0.464 e. The number of esters is 1. The lowest BCUT2D eigenvalue weighted by atomic mass is 10.2. The maximum Gasteiger partial charge on any atom is 0.358 e. The van der Waals surface area contributed by atoms with Gasteiger partial charge in [0.1, 0.15) is 11.9 Å². The van der Waals surface area contributed by atoms with E-state index in [1.807, 2.05) is 0 Å². The molecule has 0 spiro atoms. The molecule has 1 saturated heterocycles. The van der Waals surface area contributed by atoms with Gasteiger partial charge in [-0.3, -0.25) is 4.79 Å². The quantitative estimate of drug-likeness (QED) is 0.776. The van der Waals surface area contributed by atoms with Crippen LogP contribution in [0.5, 0.6) is 0 Å². The minimum Gasteiger partial charge on any atom is -0.464 e. The first-order valence-electron chi connectivity index (χ1n) is 6.67. The second-order valence-corrected chi connectivity index (χ2v) is 4.60. The number of hydrogen-bond donors (Lipinski definition) is 1. The van der Waals surface area contributed by atoms with Crippen molar-refractivity contribution < 1.29 is 19.1 Å². The number of ether oxygens (including phenoxy) is 2. The molecule has 1 amide bonds. The summed E-state index contributed by atoms with van der Waals surface area (Å²) in [6, 6.07) is 2.65. The summed E-state index contributed by atoms with van der Waals surface area (Å²) in [6.07, 6.45) is 0. The molecule has 1 aromatic rings. The molecule has 2 rings (SSSR count). The molecular weight excluding hydrogens is 276 g/mol. The first-order chi connectivity index (χ1) is 10.1. The average molecular weight is 294 g/mol. The van der Waals surface area contributed by atoms with Crippen molar-refractivity contribution in [1.82, 2.24) is 15.1 Å². The molecule has 1 aliphatic heterocycles. The second-order valence-electron chi connectivity index (χ2n) is 4.60. The molecule has 0 aromatic carbocycles. The van der Waals surface area contributed by atoms with E-state index in [1.54, 1.807) is 17.9 Å². The Balaban J connectivity index is 1.93. The van der Waals surface area contributed by atoms with Crippen molar-refractivity contribution in [1.29, 1.82) is 0 Å². The highest BCUT2D eigenvalue weighted by Gasteiger charge is 2.22. The highest BCUT2D eigenvalue weighted by atomic mass is 16.5. The van der Waals surface area contributed by atoms with Crippen LogP contribution in [0.15, 0.2) is 12.1 Å². The molecule has 1 aromatic heterocycles. The Morgan fingerprint density at radius 1 is 1.33 bits per heavy atom. The van der Waals surface area contributed by atoms with Gasteiger partial charge in [0.15, 0.2) is 5.69 Å². The zero-order valence-corrected chi connectivity index (χ0v) is 12.0. The van der Waals surface area contributed by atoms with E-state index in [-0.39, 0.29) is 11.6 Å². The molecule has 1 fully saturated rings. The van der Waals surface area contributed by atoms with E-state index in [1.165, 1.54) is 13.2 Å². The molecule has 114 valence electrons. The van der Waals surface area contributed by atoms with Crippen molar-refractivity contribution in [3.05, 3.63) is 17.8 Å². The van der Waals surface area contributed by atoms with Crippen LogP contribution in [0.1, 0.15) is 17.4 Å². The van der Waals surface area contributed by atoms with E-state index in [9.17, 15) is 9.59 Å². The monoisotopic (exact) mass is 294 g/mol. The summed E-state index contributed by atoms with van der Waals surface area (Å²) in [5, 5.41) is 10.6. The molecule has 21 heavy (non-hydrogen) atoms. The Kier molecular flexibility index (Phi) is 5.04. The Morgan fingerprint density at radius 3 is 2.62 bits per heavy atom. The summed E-state index contributed by atoms with van der Waals surface area (Å²) in [4.78, 5) is 25.2. The van der Waals surface area contributed by atoms with E-state index in [0.717, 1.165) is 0 Å². The van der Waals surface area contributed by atoms with Crippen molar-refractivity contribution in [2.45, 2.75) is 13.0 Å². The smallest absolute Gasteiger partial charge is 0.358 e. The predicted octanol–water partition coefficient (Wildman–Crippen LogP) is -0.0776. The van der Waals surface area contributed by atoms with Crippen molar-refractivity contribution in [3.8, 4) is 0 Å². The van der Waals surface area contributed by atoms with Gasteiger partial charge in [-0.25, -0.2) is 4.79 Å². The van der Waals surface area contributed by atoms with Crippen molar-refractivity contribution >= 4 is 17.7 Å². The Hall–Kier alpha value is -2.22. The summed E-state index contributed by atoms with van der Waals surface area (Å²) in [7, 11) is 1.28. The number of nitrogens with one attached hydrogen (secondary N) is 1. The van der Waals surface area contributed by atoms with Crippen LogP contribution in [0.2, 0.25) is 0 Å². The average Bonchev–Trinajstić information content (AvgIpc) is 2.55. The van der Waals surface area contributed by atoms with Crippen LogP contribution in [0.25, 0.3) is 0 Å². The molecule has 0 bridgehead atoms. The summed E-state index contributed by atoms with van der Waals surface area (Å²) in [6.45, 7) is 4.07. The number of amides is 1. The standard InChI is InChI=1S/C13H18N4O4/c1-9(12(18)17-5-7-21-8-6-17)14-11-4-3-10(15-16-11)13(19)20-2/h3-4,9H,5-8H2,1-2H3,(H,14,16). The van der Waals surface area contributed by atoms with E-state index in [4.69, 9.17) is 4.74 Å². The van der Waals surface area contributed by atoms with Gasteiger partial charge in [0.2, 0.25) is 5.91 Å². The Labute approximate surface area is 122 Å². The zero-order valence-electron chi connectivity index (χ0n) is 12.0. The van der Waals surface area contributed by atoms with Gasteiger partial charge in [0.05, 0.1) is 20.3 Å².